The van der Waals surface area contributed by atoms with Crippen LogP contribution in [0.4, 0.5) is 0 Å². The number of rotatable bonds is 6. The van der Waals surface area contributed by atoms with Crippen molar-refractivity contribution in [1.82, 2.24) is 0 Å². The van der Waals surface area contributed by atoms with Crippen molar-refractivity contribution in [1.29, 1.82) is 0 Å². The second-order valence-corrected chi connectivity index (χ2v) is 5.44. The first-order chi connectivity index (χ1) is 7.38. The van der Waals surface area contributed by atoms with Crippen molar-refractivity contribution in [3.8, 4) is 0 Å². The molecule has 2 unspecified atom stereocenters. The Bertz CT molecular complexity index is 244. The topological polar surface area (TPSA) is 12.4 Å². The van der Waals surface area contributed by atoms with E-state index in [1.54, 1.807) is 0 Å². The minimum absolute atomic E-state index is 0.624. The molecule has 0 aromatic rings. The molecule has 0 aliphatic rings. The maximum atomic E-state index is 4.68. The Hall–Kier alpha value is -0.590. The van der Waals surface area contributed by atoms with E-state index in [1.165, 1.54) is 11.3 Å². The van der Waals surface area contributed by atoms with E-state index < -0.39 is 0 Å². The molecule has 0 aliphatic heterocycles. The van der Waals surface area contributed by atoms with Crippen LogP contribution < -0.4 is 0 Å². The van der Waals surface area contributed by atoms with Crippen LogP contribution in [-0.4, -0.2) is 12.3 Å². The molecule has 0 amide bonds. The molecule has 1 heteroatoms. The Kier molecular flexibility index (Phi) is 7.36. The van der Waals surface area contributed by atoms with Gasteiger partial charge in [0.15, 0.2) is 0 Å². The second kappa shape index (κ2) is 7.65. The van der Waals surface area contributed by atoms with Crippen LogP contribution in [0.2, 0.25) is 0 Å². The van der Waals surface area contributed by atoms with Crippen LogP contribution >= 0.6 is 0 Å². The summed E-state index contributed by atoms with van der Waals surface area (Å²) in [5.41, 5.74) is 2.68. The maximum absolute atomic E-state index is 4.68. The van der Waals surface area contributed by atoms with Gasteiger partial charge in [0.05, 0.1) is 0 Å². The van der Waals surface area contributed by atoms with Crippen LogP contribution in [-0.2, 0) is 0 Å². The first-order valence-corrected chi connectivity index (χ1v) is 6.53. The molecular formula is C15H29N. The molecule has 0 aromatic heterocycles. The SMILES string of the molecule is CCC(C)=NCC(C(C)C)C(C)C=C(C)C. The molecule has 0 aliphatic carbocycles. The van der Waals surface area contributed by atoms with Crippen LogP contribution in [0.5, 0.6) is 0 Å². The van der Waals surface area contributed by atoms with Crippen molar-refractivity contribution in [2.24, 2.45) is 22.7 Å². The largest absolute Gasteiger partial charge is 0.294 e. The second-order valence-electron chi connectivity index (χ2n) is 5.44. The highest BCUT2D eigenvalue weighted by Gasteiger charge is 2.18. The summed E-state index contributed by atoms with van der Waals surface area (Å²) in [6.45, 7) is 16.5. The van der Waals surface area contributed by atoms with Gasteiger partial charge in [-0.15, -0.1) is 0 Å². The van der Waals surface area contributed by atoms with Crippen LogP contribution in [0, 0.1) is 17.8 Å². The van der Waals surface area contributed by atoms with Crippen LogP contribution in [0.1, 0.15) is 54.9 Å². The van der Waals surface area contributed by atoms with Gasteiger partial charge in [0.2, 0.25) is 0 Å². The minimum Gasteiger partial charge on any atom is -0.294 e. The molecule has 0 aromatic carbocycles. The summed E-state index contributed by atoms with van der Waals surface area (Å²) in [6.07, 6.45) is 3.45. The monoisotopic (exact) mass is 223 g/mol. The van der Waals surface area contributed by atoms with Gasteiger partial charge in [0.1, 0.15) is 0 Å². The van der Waals surface area contributed by atoms with Gasteiger partial charge >= 0.3 is 0 Å². The first kappa shape index (κ1) is 15.4. The Balaban J connectivity index is 4.56. The van der Waals surface area contributed by atoms with Crippen molar-refractivity contribution in [2.75, 3.05) is 6.54 Å². The summed E-state index contributed by atoms with van der Waals surface area (Å²) < 4.78 is 0. The van der Waals surface area contributed by atoms with Gasteiger partial charge in [-0.1, -0.05) is 39.3 Å². The van der Waals surface area contributed by atoms with Gasteiger partial charge < -0.3 is 0 Å². The van der Waals surface area contributed by atoms with Crippen LogP contribution in [0.25, 0.3) is 0 Å². The zero-order chi connectivity index (χ0) is 12.7. The third kappa shape index (κ3) is 6.09. The Morgan fingerprint density at radius 3 is 2.06 bits per heavy atom. The molecule has 0 saturated heterocycles. The lowest BCUT2D eigenvalue weighted by Crippen LogP contribution is -2.20. The van der Waals surface area contributed by atoms with Gasteiger partial charge in [0, 0.05) is 12.3 Å². The van der Waals surface area contributed by atoms with Crippen LogP contribution in [0.15, 0.2) is 16.6 Å². The molecule has 0 radical (unpaired) electrons. The lowest BCUT2D eigenvalue weighted by Gasteiger charge is -2.24. The molecule has 0 fully saturated rings. The highest BCUT2D eigenvalue weighted by atomic mass is 14.7. The molecule has 16 heavy (non-hydrogen) atoms. The molecule has 0 saturated carbocycles. The van der Waals surface area contributed by atoms with Crippen molar-refractivity contribution >= 4 is 5.71 Å². The van der Waals surface area contributed by atoms with Gasteiger partial charge in [-0.3, -0.25) is 4.99 Å². The summed E-state index contributed by atoms with van der Waals surface area (Å²) >= 11 is 0. The Morgan fingerprint density at radius 2 is 1.69 bits per heavy atom. The van der Waals surface area contributed by atoms with Crippen molar-refractivity contribution in [2.45, 2.75) is 54.9 Å². The quantitative estimate of drug-likeness (QED) is 0.456. The van der Waals surface area contributed by atoms with E-state index in [1.807, 2.05) is 0 Å². The normalized spacial score (nSPS) is 16.1. The van der Waals surface area contributed by atoms with Gasteiger partial charge in [-0.05, 0) is 44.9 Å². The smallest absolute Gasteiger partial charge is 0.0424 e. The van der Waals surface area contributed by atoms with E-state index in [-0.39, 0.29) is 0 Å². The maximum Gasteiger partial charge on any atom is 0.0424 e. The van der Waals surface area contributed by atoms with Gasteiger partial charge in [0.25, 0.3) is 0 Å². The fourth-order valence-corrected chi connectivity index (χ4v) is 2.01. The number of hydrogen-bond acceptors (Lipinski definition) is 1. The van der Waals surface area contributed by atoms with E-state index in [9.17, 15) is 0 Å². The molecule has 0 heterocycles. The van der Waals surface area contributed by atoms with E-state index in [0.717, 1.165) is 13.0 Å². The van der Waals surface area contributed by atoms with E-state index in [4.69, 9.17) is 0 Å². The Labute approximate surface area is 102 Å². The predicted molar refractivity (Wildman–Crippen MR) is 75.2 cm³/mol. The molecule has 0 spiro atoms. The van der Waals surface area contributed by atoms with Crippen molar-refractivity contribution in [3.05, 3.63) is 11.6 Å². The molecule has 0 bridgehead atoms. The highest BCUT2D eigenvalue weighted by Crippen LogP contribution is 2.23. The third-order valence-electron chi connectivity index (χ3n) is 3.21. The summed E-state index contributed by atoms with van der Waals surface area (Å²) in [6, 6.07) is 0. The van der Waals surface area contributed by atoms with Crippen molar-refractivity contribution < 1.29 is 0 Å². The Morgan fingerprint density at radius 1 is 1.12 bits per heavy atom. The van der Waals surface area contributed by atoms with Crippen molar-refractivity contribution in [3.63, 3.8) is 0 Å². The van der Waals surface area contributed by atoms with Crippen LogP contribution in [0.3, 0.4) is 0 Å². The third-order valence-corrected chi connectivity index (χ3v) is 3.21. The first-order valence-electron chi connectivity index (χ1n) is 6.53. The number of aliphatic imine (C=N–C) groups is 1. The van der Waals surface area contributed by atoms with E-state index in [0.29, 0.717) is 17.8 Å². The molecule has 1 nitrogen and oxygen atoms in total. The number of nitrogens with zero attached hydrogens (tertiary/aromatic N) is 1. The zero-order valence-electron chi connectivity index (χ0n) is 12.2. The molecular weight excluding hydrogens is 194 g/mol. The zero-order valence-corrected chi connectivity index (χ0v) is 12.2. The molecule has 0 rings (SSSR count). The summed E-state index contributed by atoms with van der Waals surface area (Å²) in [5, 5.41) is 0. The standard InChI is InChI=1S/C15H29N/c1-8-14(7)16-10-15(12(4)5)13(6)9-11(2)3/h9,12-13,15H,8,10H2,1-7H3. The summed E-state index contributed by atoms with van der Waals surface area (Å²) in [5.74, 6) is 1.98. The molecule has 94 valence electrons. The average molecular weight is 223 g/mol. The van der Waals surface area contributed by atoms with E-state index >= 15 is 0 Å². The summed E-state index contributed by atoms with van der Waals surface area (Å²) in [7, 11) is 0. The van der Waals surface area contributed by atoms with E-state index in [2.05, 4.69) is 59.5 Å². The van der Waals surface area contributed by atoms with Gasteiger partial charge in [-0.2, -0.15) is 0 Å². The fourth-order valence-electron chi connectivity index (χ4n) is 2.01. The number of hydrogen-bond donors (Lipinski definition) is 0. The van der Waals surface area contributed by atoms with Gasteiger partial charge in [-0.25, -0.2) is 0 Å². The lowest BCUT2D eigenvalue weighted by molar-refractivity contribution is 0.321. The molecule has 2 atom stereocenters. The summed E-state index contributed by atoms with van der Waals surface area (Å²) in [4.78, 5) is 4.68. The fraction of sp³-hybridized carbons (Fsp3) is 0.800. The molecule has 0 N–H and O–H groups in total. The highest BCUT2D eigenvalue weighted by molar-refractivity contribution is 5.81. The number of allylic oxidation sites excluding steroid dienone is 2. The average Bonchev–Trinajstić information content (AvgIpc) is 2.15. The lowest BCUT2D eigenvalue weighted by atomic mass is 9.83. The minimum atomic E-state index is 0.624. The predicted octanol–water partition coefficient (Wildman–Crippen LogP) is 4.73.